The van der Waals surface area contributed by atoms with E-state index in [0.717, 1.165) is 10.8 Å². The van der Waals surface area contributed by atoms with E-state index < -0.39 is 22.1 Å². The molecule has 1 aromatic rings. The molecule has 0 aliphatic rings. The van der Waals surface area contributed by atoms with E-state index in [9.17, 15) is 13.2 Å². The second-order valence-electron chi connectivity index (χ2n) is 2.75. The minimum Gasteiger partial charge on any atom is -0.274 e. The fourth-order valence-corrected chi connectivity index (χ4v) is 1.51. The lowest BCUT2D eigenvalue weighted by molar-refractivity contribution is 0.0737. The first kappa shape index (κ1) is 10.9. The highest BCUT2D eigenvalue weighted by atomic mass is 32.2. The number of rotatable bonds is 3. The first-order chi connectivity index (χ1) is 6.40. The highest BCUT2D eigenvalue weighted by Gasteiger charge is 2.19. The first-order valence-corrected chi connectivity index (χ1v) is 5.62. The predicted molar refractivity (Wildman–Crippen MR) is 48.2 cm³/mol. The fourth-order valence-electron chi connectivity index (χ4n) is 0.903. The maximum absolute atomic E-state index is 11.4. The Morgan fingerprint density at radius 2 is 2.21 bits per heavy atom. The van der Waals surface area contributed by atoms with E-state index in [1.165, 1.54) is 25.6 Å². The van der Waals surface area contributed by atoms with Crippen LogP contribution in [0.5, 0.6) is 0 Å². The van der Waals surface area contributed by atoms with Gasteiger partial charge in [-0.1, -0.05) is 0 Å². The second-order valence-corrected chi connectivity index (χ2v) is 4.35. The van der Waals surface area contributed by atoms with E-state index >= 15 is 0 Å². The number of carbonyl (C=O) groups excluding carboxylic acids is 1. The van der Waals surface area contributed by atoms with E-state index in [1.807, 2.05) is 0 Å². The Labute approximate surface area is 81.6 Å². The normalized spacial score (nSPS) is 13.9. The first-order valence-electron chi connectivity index (χ1n) is 3.80. The number of carbonyl (C=O) groups is 1. The lowest BCUT2D eigenvalue weighted by Gasteiger charge is -2.09. The van der Waals surface area contributed by atoms with Gasteiger partial charge in [0, 0.05) is 12.4 Å². The molecular formula is C7H10N2O4S. The average Bonchev–Trinajstić information content (AvgIpc) is 2.51. The van der Waals surface area contributed by atoms with Gasteiger partial charge in [0.1, 0.15) is 6.33 Å². The van der Waals surface area contributed by atoms with Crippen LogP contribution in [0.3, 0.4) is 0 Å². The van der Waals surface area contributed by atoms with E-state index in [2.05, 4.69) is 9.17 Å². The number of hydrogen-bond acceptors (Lipinski definition) is 5. The summed E-state index contributed by atoms with van der Waals surface area (Å²) in [4.78, 5) is 15.1. The van der Waals surface area contributed by atoms with Crippen LogP contribution in [-0.4, -0.2) is 36.2 Å². The molecular weight excluding hydrogens is 208 g/mol. The number of hydrogen-bond donors (Lipinski definition) is 0. The van der Waals surface area contributed by atoms with Gasteiger partial charge in [0.15, 0.2) is 6.10 Å². The van der Waals surface area contributed by atoms with Gasteiger partial charge >= 0.3 is 0 Å². The standard InChI is InChI=1S/C7H10N2O4S/c1-6(13-14(2,11)12)7(10)9-4-3-8-5-9/h3-6H,1-2H3. The summed E-state index contributed by atoms with van der Waals surface area (Å²) in [6.45, 7) is 1.36. The van der Waals surface area contributed by atoms with E-state index in [-0.39, 0.29) is 0 Å². The Kier molecular flexibility index (Phi) is 3.02. The van der Waals surface area contributed by atoms with E-state index in [0.29, 0.717) is 0 Å². The molecule has 14 heavy (non-hydrogen) atoms. The molecule has 0 radical (unpaired) electrons. The number of nitrogens with zero attached hydrogens (tertiary/aromatic N) is 2. The molecule has 6 nitrogen and oxygen atoms in total. The third-order valence-electron chi connectivity index (χ3n) is 1.43. The van der Waals surface area contributed by atoms with Crippen LogP contribution in [0.15, 0.2) is 18.7 Å². The highest BCUT2D eigenvalue weighted by molar-refractivity contribution is 7.86. The van der Waals surface area contributed by atoms with Gasteiger partial charge in [-0.2, -0.15) is 8.42 Å². The smallest absolute Gasteiger partial charge is 0.265 e. The van der Waals surface area contributed by atoms with Crippen LogP contribution in [0.2, 0.25) is 0 Å². The van der Waals surface area contributed by atoms with Gasteiger partial charge in [-0.25, -0.2) is 4.98 Å². The molecule has 7 heteroatoms. The lowest BCUT2D eigenvalue weighted by Crippen LogP contribution is -2.27. The minimum absolute atomic E-state index is 0.479. The molecule has 0 aliphatic heterocycles. The largest absolute Gasteiger partial charge is 0.274 e. The van der Waals surface area contributed by atoms with Crippen LogP contribution in [-0.2, 0) is 14.3 Å². The molecule has 0 aliphatic carbocycles. The maximum atomic E-state index is 11.4. The van der Waals surface area contributed by atoms with Crippen LogP contribution in [0.25, 0.3) is 0 Å². The summed E-state index contributed by atoms with van der Waals surface area (Å²) in [6, 6.07) is 0. The lowest BCUT2D eigenvalue weighted by atomic mass is 10.4. The van der Waals surface area contributed by atoms with Gasteiger partial charge in [-0.3, -0.25) is 13.5 Å². The van der Waals surface area contributed by atoms with Gasteiger partial charge in [0.2, 0.25) is 0 Å². The van der Waals surface area contributed by atoms with Crippen molar-refractivity contribution in [3.05, 3.63) is 18.7 Å². The Bertz CT molecular complexity index is 409. The monoisotopic (exact) mass is 218 g/mol. The van der Waals surface area contributed by atoms with Crippen LogP contribution >= 0.6 is 0 Å². The van der Waals surface area contributed by atoms with Crippen molar-refractivity contribution in [1.29, 1.82) is 0 Å². The van der Waals surface area contributed by atoms with E-state index in [1.54, 1.807) is 0 Å². The topological polar surface area (TPSA) is 78.3 Å². The summed E-state index contributed by atoms with van der Waals surface area (Å²) in [5.74, 6) is -0.479. The van der Waals surface area contributed by atoms with Gasteiger partial charge in [-0.05, 0) is 6.92 Å². The minimum atomic E-state index is -3.61. The number of aromatic nitrogens is 2. The Balaban J connectivity index is 2.72. The molecule has 0 N–H and O–H groups in total. The molecule has 0 aromatic carbocycles. The SMILES string of the molecule is CC(OS(C)(=O)=O)C(=O)n1ccnc1. The molecule has 0 fully saturated rings. The molecule has 1 atom stereocenters. The Morgan fingerprint density at radius 1 is 1.57 bits per heavy atom. The summed E-state index contributed by atoms with van der Waals surface area (Å²) in [6.07, 6.45) is 3.98. The second kappa shape index (κ2) is 3.89. The number of imidazole rings is 1. The quantitative estimate of drug-likeness (QED) is 0.661. The summed E-state index contributed by atoms with van der Waals surface area (Å²) in [5, 5.41) is 0. The molecule has 1 heterocycles. The molecule has 0 spiro atoms. The molecule has 0 saturated carbocycles. The summed E-state index contributed by atoms with van der Waals surface area (Å²) in [7, 11) is -3.61. The summed E-state index contributed by atoms with van der Waals surface area (Å²) in [5.41, 5.74) is 0. The van der Waals surface area contributed by atoms with Gasteiger partial charge in [0.25, 0.3) is 16.0 Å². The molecule has 0 saturated heterocycles. The Hall–Kier alpha value is -1.21. The summed E-state index contributed by atoms with van der Waals surface area (Å²) < 4.78 is 27.1. The molecule has 78 valence electrons. The van der Waals surface area contributed by atoms with Crippen molar-refractivity contribution in [3.8, 4) is 0 Å². The zero-order valence-corrected chi connectivity index (χ0v) is 8.56. The fraction of sp³-hybridized carbons (Fsp3) is 0.429. The van der Waals surface area contributed by atoms with Crippen LogP contribution in [0.1, 0.15) is 11.7 Å². The van der Waals surface area contributed by atoms with Gasteiger partial charge < -0.3 is 0 Å². The van der Waals surface area contributed by atoms with Crippen molar-refractivity contribution in [3.63, 3.8) is 0 Å². The molecule has 0 amide bonds. The zero-order valence-electron chi connectivity index (χ0n) is 7.75. The van der Waals surface area contributed by atoms with Gasteiger partial charge in [0.05, 0.1) is 6.26 Å². The van der Waals surface area contributed by atoms with Crippen molar-refractivity contribution < 1.29 is 17.4 Å². The molecule has 0 bridgehead atoms. The summed E-state index contributed by atoms with van der Waals surface area (Å²) >= 11 is 0. The van der Waals surface area contributed by atoms with Crippen molar-refractivity contribution >= 4 is 16.0 Å². The third kappa shape index (κ3) is 2.93. The van der Waals surface area contributed by atoms with Crippen LogP contribution in [0.4, 0.5) is 0 Å². The maximum Gasteiger partial charge on any atom is 0.265 e. The molecule has 1 aromatic heterocycles. The van der Waals surface area contributed by atoms with Crippen molar-refractivity contribution in [2.24, 2.45) is 0 Å². The Morgan fingerprint density at radius 3 is 2.64 bits per heavy atom. The zero-order chi connectivity index (χ0) is 10.8. The van der Waals surface area contributed by atoms with E-state index in [4.69, 9.17) is 0 Å². The van der Waals surface area contributed by atoms with Crippen molar-refractivity contribution in [2.75, 3.05) is 6.26 Å². The van der Waals surface area contributed by atoms with Crippen molar-refractivity contribution in [2.45, 2.75) is 13.0 Å². The highest BCUT2D eigenvalue weighted by Crippen LogP contribution is 2.00. The van der Waals surface area contributed by atoms with Crippen LogP contribution in [0, 0.1) is 0 Å². The predicted octanol–water partition coefficient (Wildman–Crippen LogP) is -0.112. The van der Waals surface area contributed by atoms with Crippen LogP contribution < -0.4 is 0 Å². The molecule has 1 rings (SSSR count). The third-order valence-corrected chi connectivity index (χ3v) is 2.06. The van der Waals surface area contributed by atoms with Gasteiger partial charge in [-0.15, -0.1) is 0 Å². The molecule has 1 unspecified atom stereocenters. The van der Waals surface area contributed by atoms with Crippen molar-refractivity contribution in [1.82, 2.24) is 9.55 Å². The average molecular weight is 218 g/mol.